The molecule has 0 aliphatic carbocycles. The number of benzene rings is 2. The number of methoxy groups -OCH3 is 1. The van der Waals surface area contributed by atoms with Crippen LogP contribution < -0.4 is 25.6 Å². The zero-order chi connectivity index (χ0) is 21.4. The number of rotatable bonds is 7. The SMILES string of the molecule is COc1ccccc1C(=O)NCC(=O)NNC(=O)[C@@H](C)Oc1cccc(C)c1C. The van der Waals surface area contributed by atoms with Gasteiger partial charge in [-0.3, -0.25) is 25.2 Å². The van der Waals surface area contributed by atoms with Crippen LogP contribution in [0.4, 0.5) is 0 Å². The van der Waals surface area contributed by atoms with E-state index in [0.29, 0.717) is 17.1 Å². The molecule has 0 bridgehead atoms. The first-order valence-corrected chi connectivity index (χ1v) is 9.06. The van der Waals surface area contributed by atoms with Crippen molar-refractivity contribution in [1.29, 1.82) is 0 Å². The van der Waals surface area contributed by atoms with Crippen LogP contribution in [0.15, 0.2) is 42.5 Å². The summed E-state index contributed by atoms with van der Waals surface area (Å²) in [5, 5.41) is 2.47. The van der Waals surface area contributed by atoms with E-state index < -0.39 is 23.8 Å². The molecule has 29 heavy (non-hydrogen) atoms. The number of hydrazine groups is 1. The van der Waals surface area contributed by atoms with Crippen LogP contribution in [0.25, 0.3) is 0 Å². The highest BCUT2D eigenvalue weighted by atomic mass is 16.5. The molecule has 0 spiro atoms. The normalized spacial score (nSPS) is 11.2. The van der Waals surface area contributed by atoms with Crippen molar-refractivity contribution in [2.75, 3.05) is 13.7 Å². The lowest BCUT2D eigenvalue weighted by Gasteiger charge is -2.17. The van der Waals surface area contributed by atoms with Crippen molar-refractivity contribution in [2.45, 2.75) is 26.9 Å². The topological polar surface area (TPSA) is 106 Å². The first-order chi connectivity index (χ1) is 13.8. The Labute approximate surface area is 169 Å². The van der Waals surface area contributed by atoms with Crippen molar-refractivity contribution < 1.29 is 23.9 Å². The van der Waals surface area contributed by atoms with E-state index in [1.807, 2.05) is 26.0 Å². The van der Waals surface area contributed by atoms with Crippen LogP contribution in [0.5, 0.6) is 11.5 Å². The first-order valence-electron chi connectivity index (χ1n) is 9.06. The van der Waals surface area contributed by atoms with Gasteiger partial charge < -0.3 is 14.8 Å². The minimum atomic E-state index is -0.820. The number of carbonyl (C=O) groups is 3. The second-order valence-electron chi connectivity index (χ2n) is 6.38. The Hall–Kier alpha value is -3.55. The number of aryl methyl sites for hydroxylation is 1. The summed E-state index contributed by atoms with van der Waals surface area (Å²) in [5.41, 5.74) is 6.83. The number of hydrogen-bond acceptors (Lipinski definition) is 5. The molecule has 0 unspecified atom stereocenters. The van der Waals surface area contributed by atoms with Crippen LogP contribution in [0.2, 0.25) is 0 Å². The van der Waals surface area contributed by atoms with Crippen LogP contribution >= 0.6 is 0 Å². The maximum Gasteiger partial charge on any atom is 0.279 e. The number of ether oxygens (including phenoxy) is 2. The third-order valence-electron chi connectivity index (χ3n) is 4.31. The van der Waals surface area contributed by atoms with Gasteiger partial charge in [0.2, 0.25) is 0 Å². The molecular weight excluding hydrogens is 374 g/mol. The quantitative estimate of drug-likeness (QED) is 0.614. The summed E-state index contributed by atoms with van der Waals surface area (Å²) in [6.07, 6.45) is -0.820. The fraction of sp³-hybridized carbons (Fsp3) is 0.286. The van der Waals surface area contributed by atoms with E-state index in [-0.39, 0.29) is 6.54 Å². The molecule has 0 saturated heterocycles. The summed E-state index contributed by atoms with van der Waals surface area (Å²) >= 11 is 0. The smallest absolute Gasteiger partial charge is 0.279 e. The summed E-state index contributed by atoms with van der Waals surface area (Å²) in [6.45, 7) is 5.12. The van der Waals surface area contributed by atoms with Crippen molar-refractivity contribution in [3.8, 4) is 11.5 Å². The molecule has 2 aromatic rings. The highest BCUT2D eigenvalue weighted by molar-refractivity contribution is 5.98. The van der Waals surface area contributed by atoms with Gasteiger partial charge in [-0.15, -0.1) is 0 Å². The van der Waals surface area contributed by atoms with Gasteiger partial charge in [0, 0.05) is 0 Å². The molecular formula is C21H25N3O5. The summed E-state index contributed by atoms with van der Waals surface area (Å²) < 4.78 is 10.8. The lowest BCUT2D eigenvalue weighted by molar-refractivity contribution is -0.132. The molecule has 3 N–H and O–H groups in total. The van der Waals surface area contributed by atoms with E-state index in [0.717, 1.165) is 11.1 Å². The van der Waals surface area contributed by atoms with Gasteiger partial charge in [-0.05, 0) is 50.1 Å². The number of carbonyl (C=O) groups excluding carboxylic acids is 3. The molecule has 3 amide bonds. The Morgan fingerprint density at radius 1 is 0.966 bits per heavy atom. The lowest BCUT2D eigenvalue weighted by atomic mass is 10.1. The predicted octanol–water partition coefficient (Wildman–Crippen LogP) is 1.66. The molecule has 1 atom stereocenters. The average Bonchev–Trinajstić information content (AvgIpc) is 2.73. The summed E-state index contributed by atoms with van der Waals surface area (Å²) in [5.74, 6) is -0.564. The number of amides is 3. The van der Waals surface area contributed by atoms with Crippen molar-refractivity contribution in [1.82, 2.24) is 16.2 Å². The van der Waals surface area contributed by atoms with Gasteiger partial charge in [0.15, 0.2) is 6.10 Å². The van der Waals surface area contributed by atoms with Gasteiger partial charge in [-0.1, -0.05) is 24.3 Å². The van der Waals surface area contributed by atoms with E-state index in [1.165, 1.54) is 7.11 Å². The van der Waals surface area contributed by atoms with Crippen LogP contribution in [0, 0.1) is 13.8 Å². The Morgan fingerprint density at radius 3 is 2.38 bits per heavy atom. The summed E-state index contributed by atoms with van der Waals surface area (Å²) in [6, 6.07) is 12.2. The third-order valence-corrected chi connectivity index (χ3v) is 4.31. The number of para-hydroxylation sites is 1. The van der Waals surface area contributed by atoms with Gasteiger partial charge in [-0.2, -0.15) is 0 Å². The monoisotopic (exact) mass is 399 g/mol. The molecule has 8 heteroatoms. The first kappa shape index (κ1) is 21.7. The molecule has 0 fully saturated rings. The van der Waals surface area contributed by atoms with Gasteiger partial charge in [0.25, 0.3) is 17.7 Å². The Bertz CT molecular complexity index is 898. The Kier molecular flexibility index (Phi) is 7.59. The van der Waals surface area contributed by atoms with E-state index in [2.05, 4.69) is 16.2 Å². The van der Waals surface area contributed by atoms with Crippen molar-refractivity contribution >= 4 is 17.7 Å². The summed E-state index contributed by atoms with van der Waals surface area (Å²) in [7, 11) is 1.45. The Morgan fingerprint density at radius 2 is 1.66 bits per heavy atom. The highest BCUT2D eigenvalue weighted by Gasteiger charge is 2.17. The van der Waals surface area contributed by atoms with Gasteiger partial charge in [0.1, 0.15) is 11.5 Å². The number of nitrogens with one attached hydrogen (secondary N) is 3. The molecule has 2 rings (SSSR count). The standard InChI is InChI=1S/C21H25N3O5/c1-13-8-7-11-17(14(13)2)29-15(3)20(26)24-23-19(25)12-22-21(27)16-9-5-6-10-18(16)28-4/h5-11,15H,12H2,1-4H3,(H,22,27)(H,23,25)(H,24,26)/t15-/m1/s1. The molecule has 0 saturated carbocycles. The molecule has 2 aromatic carbocycles. The lowest BCUT2D eigenvalue weighted by Crippen LogP contribution is -2.50. The molecule has 0 aromatic heterocycles. The second-order valence-corrected chi connectivity index (χ2v) is 6.38. The Balaban J connectivity index is 1.80. The van der Waals surface area contributed by atoms with E-state index >= 15 is 0 Å². The van der Waals surface area contributed by atoms with Crippen LogP contribution in [-0.2, 0) is 9.59 Å². The van der Waals surface area contributed by atoms with E-state index in [4.69, 9.17) is 9.47 Å². The van der Waals surface area contributed by atoms with Gasteiger partial charge in [-0.25, -0.2) is 0 Å². The highest BCUT2D eigenvalue weighted by Crippen LogP contribution is 2.21. The summed E-state index contributed by atoms with van der Waals surface area (Å²) in [4.78, 5) is 36.2. The van der Waals surface area contributed by atoms with Crippen molar-refractivity contribution in [3.63, 3.8) is 0 Å². The fourth-order valence-electron chi connectivity index (χ4n) is 2.46. The fourth-order valence-corrected chi connectivity index (χ4v) is 2.46. The molecule has 0 aliphatic rings. The van der Waals surface area contributed by atoms with Crippen molar-refractivity contribution in [2.24, 2.45) is 0 Å². The van der Waals surface area contributed by atoms with Crippen LogP contribution in [-0.4, -0.2) is 37.5 Å². The minimum Gasteiger partial charge on any atom is -0.496 e. The second kappa shape index (κ2) is 10.1. The van der Waals surface area contributed by atoms with Gasteiger partial charge >= 0.3 is 0 Å². The maximum atomic E-state index is 12.2. The van der Waals surface area contributed by atoms with Crippen LogP contribution in [0.3, 0.4) is 0 Å². The largest absolute Gasteiger partial charge is 0.496 e. The van der Waals surface area contributed by atoms with E-state index in [9.17, 15) is 14.4 Å². The molecule has 154 valence electrons. The zero-order valence-corrected chi connectivity index (χ0v) is 16.9. The van der Waals surface area contributed by atoms with E-state index in [1.54, 1.807) is 37.3 Å². The number of hydrogen-bond donors (Lipinski definition) is 3. The average molecular weight is 399 g/mol. The van der Waals surface area contributed by atoms with Crippen molar-refractivity contribution in [3.05, 3.63) is 59.2 Å². The third kappa shape index (κ3) is 5.97. The molecule has 0 radical (unpaired) electrons. The van der Waals surface area contributed by atoms with Gasteiger partial charge in [0.05, 0.1) is 19.2 Å². The molecule has 0 aliphatic heterocycles. The minimum absolute atomic E-state index is 0.308. The molecule has 0 heterocycles. The zero-order valence-electron chi connectivity index (χ0n) is 16.9. The molecule has 8 nitrogen and oxygen atoms in total. The van der Waals surface area contributed by atoms with Crippen LogP contribution in [0.1, 0.15) is 28.4 Å². The predicted molar refractivity (Wildman–Crippen MR) is 108 cm³/mol. The maximum absolute atomic E-state index is 12.2.